The van der Waals surface area contributed by atoms with Crippen LogP contribution in [0, 0.1) is 0 Å². The summed E-state index contributed by atoms with van der Waals surface area (Å²) in [7, 11) is 0. The second kappa shape index (κ2) is 8.49. The second-order valence-corrected chi connectivity index (χ2v) is 5.05. The number of nitrogens with one attached hydrogen (secondary N) is 2. The van der Waals surface area contributed by atoms with Crippen molar-refractivity contribution in [2.24, 2.45) is 0 Å². The maximum absolute atomic E-state index is 11.5. The number of carboxylic acids is 1. The minimum atomic E-state index is -0.909. The minimum absolute atomic E-state index is 0.00273. The number of anilines is 1. The molecule has 0 bridgehead atoms. The molecule has 0 aromatic heterocycles. The van der Waals surface area contributed by atoms with Gasteiger partial charge >= 0.3 is 12.0 Å². The van der Waals surface area contributed by atoms with E-state index in [9.17, 15) is 14.4 Å². The lowest BCUT2D eigenvalue weighted by Crippen LogP contribution is -2.34. The molecule has 6 nitrogen and oxygen atoms in total. The molecule has 0 aliphatic rings. The molecule has 1 rings (SSSR count). The average Bonchev–Trinajstić information content (AvgIpc) is 2.38. The topological polar surface area (TPSA) is 95.5 Å². The van der Waals surface area contributed by atoms with Gasteiger partial charge in [0.1, 0.15) is 0 Å². The van der Waals surface area contributed by atoms with Crippen LogP contribution >= 0.6 is 23.2 Å². The van der Waals surface area contributed by atoms with Gasteiger partial charge in [-0.25, -0.2) is 4.79 Å². The fraction of sp³-hybridized carbons (Fsp3) is 0.308. The molecule has 0 unspecified atom stereocenters. The van der Waals surface area contributed by atoms with E-state index in [1.54, 1.807) is 6.07 Å². The Kier molecular flexibility index (Phi) is 6.98. The van der Waals surface area contributed by atoms with Gasteiger partial charge in [0.25, 0.3) is 0 Å². The Labute approximate surface area is 131 Å². The Bertz CT molecular complexity index is 549. The van der Waals surface area contributed by atoms with E-state index in [0.717, 1.165) is 0 Å². The van der Waals surface area contributed by atoms with Gasteiger partial charge in [-0.15, -0.1) is 0 Å². The number of amides is 3. The number of rotatable bonds is 6. The van der Waals surface area contributed by atoms with Crippen LogP contribution in [0.5, 0.6) is 0 Å². The van der Waals surface area contributed by atoms with Crippen molar-refractivity contribution in [2.45, 2.75) is 25.7 Å². The van der Waals surface area contributed by atoms with Crippen molar-refractivity contribution in [2.75, 3.05) is 5.32 Å². The predicted molar refractivity (Wildman–Crippen MR) is 79.7 cm³/mol. The number of hydrogen-bond donors (Lipinski definition) is 3. The van der Waals surface area contributed by atoms with Gasteiger partial charge in [0.2, 0.25) is 5.91 Å². The zero-order chi connectivity index (χ0) is 15.8. The van der Waals surface area contributed by atoms with Crippen molar-refractivity contribution in [1.29, 1.82) is 0 Å². The third-order valence-corrected chi connectivity index (χ3v) is 3.21. The van der Waals surface area contributed by atoms with E-state index >= 15 is 0 Å². The first-order valence-electron chi connectivity index (χ1n) is 6.16. The zero-order valence-electron chi connectivity index (χ0n) is 11.0. The summed E-state index contributed by atoms with van der Waals surface area (Å²) in [5.41, 5.74) is 0.403. The minimum Gasteiger partial charge on any atom is -0.481 e. The van der Waals surface area contributed by atoms with Gasteiger partial charge in [0.15, 0.2) is 0 Å². The molecule has 8 heteroatoms. The van der Waals surface area contributed by atoms with Crippen molar-refractivity contribution < 1.29 is 19.5 Å². The predicted octanol–water partition coefficient (Wildman–Crippen LogP) is 3.29. The smallest absolute Gasteiger partial charge is 0.325 e. The van der Waals surface area contributed by atoms with Gasteiger partial charge in [-0.05, 0) is 31.0 Å². The van der Waals surface area contributed by atoms with Crippen LogP contribution in [0.2, 0.25) is 10.0 Å². The summed E-state index contributed by atoms with van der Waals surface area (Å²) in [6.45, 7) is 0. The summed E-state index contributed by atoms with van der Waals surface area (Å²) in [5, 5.41) is 13.7. The number of carboxylic acid groups (broad SMARTS) is 1. The van der Waals surface area contributed by atoms with Crippen molar-refractivity contribution >= 4 is 46.8 Å². The average molecular weight is 333 g/mol. The maximum atomic E-state index is 11.5. The fourth-order valence-electron chi connectivity index (χ4n) is 1.49. The van der Waals surface area contributed by atoms with Crippen molar-refractivity contribution in [3.63, 3.8) is 0 Å². The van der Waals surface area contributed by atoms with E-state index in [1.807, 2.05) is 0 Å². The number of carbonyl (C=O) groups is 3. The van der Waals surface area contributed by atoms with E-state index in [-0.39, 0.29) is 17.9 Å². The number of benzene rings is 1. The second-order valence-electron chi connectivity index (χ2n) is 4.23. The highest BCUT2D eigenvalue weighted by atomic mass is 35.5. The van der Waals surface area contributed by atoms with Gasteiger partial charge in [0, 0.05) is 18.5 Å². The number of carbonyl (C=O) groups excluding carboxylic acids is 2. The summed E-state index contributed by atoms with van der Waals surface area (Å²) in [4.78, 5) is 33.3. The van der Waals surface area contributed by atoms with Crippen LogP contribution in [-0.4, -0.2) is 23.0 Å². The van der Waals surface area contributed by atoms with Gasteiger partial charge in [-0.2, -0.15) is 0 Å². The van der Waals surface area contributed by atoms with Crippen LogP contribution < -0.4 is 10.6 Å². The zero-order valence-corrected chi connectivity index (χ0v) is 12.5. The first-order valence-corrected chi connectivity index (χ1v) is 6.92. The van der Waals surface area contributed by atoms with Crippen LogP contribution in [0.25, 0.3) is 0 Å². The molecule has 3 N–H and O–H groups in total. The van der Waals surface area contributed by atoms with Crippen LogP contribution in [0.4, 0.5) is 10.5 Å². The number of imide groups is 1. The molecule has 0 aliphatic carbocycles. The Morgan fingerprint density at radius 1 is 1.05 bits per heavy atom. The van der Waals surface area contributed by atoms with Crippen LogP contribution in [0.15, 0.2) is 18.2 Å². The third kappa shape index (κ3) is 6.97. The molecule has 0 atom stereocenters. The monoisotopic (exact) mass is 332 g/mol. The van der Waals surface area contributed by atoms with Gasteiger partial charge in [-0.1, -0.05) is 23.2 Å². The Hall–Kier alpha value is -1.79. The number of unbranched alkanes of at least 4 members (excludes halogenated alkanes) is 1. The lowest BCUT2D eigenvalue weighted by atomic mass is 10.2. The number of hydrogen-bond acceptors (Lipinski definition) is 3. The van der Waals surface area contributed by atoms with Gasteiger partial charge < -0.3 is 10.4 Å². The Balaban J connectivity index is 2.34. The van der Waals surface area contributed by atoms with Gasteiger partial charge in [0.05, 0.1) is 10.0 Å². The van der Waals surface area contributed by atoms with E-state index in [4.69, 9.17) is 28.3 Å². The first-order chi connectivity index (χ1) is 9.88. The third-order valence-electron chi connectivity index (χ3n) is 2.47. The van der Waals surface area contributed by atoms with E-state index < -0.39 is 17.9 Å². The van der Waals surface area contributed by atoms with Crippen LogP contribution in [0.3, 0.4) is 0 Å². The molecular weight excluding hydrogens is 319 g/mol. The molecule has 1 aromatic carbocycles. The quantitative estimate of drug-likeness (QED) is 0.696. The fourth-order valence-corrected chi connectivity index (χ4v) is 1.79. The molecule has 0 fully saturated rings. The molecule has 114 valence electrons. The standard InChI is InChI=1S/C13H14Cl2N2O4/c14-9-6-5-8(7-10(9)15)16-13(21)17-11(18)3-1-2-4-12(19)20/h5-7H,1-4H2,(H,19,20)(H2,16,17,18,21). The van der Waals surface area contributed by atoms with E-state index in [1.165, 1.54) is 12.1 Å². The number of aliphatic carboxylic acids is 1. The Morgan fingerprint density at radius 2 is 1.71 bits per heavy atom. The highest BCUT2D eigenvalue weighted by Crippen LogP contribution is 2.24. The molecular formula is C13H14Cl2N2O4. The lowest BCUT2D eigenvalue weighted by molar-refractivity contribution is -0.137. The lowest BCUT2D eigenvalue weighted by Gasteiger charge is -2.07. The highest BCUT2D eigenvalue weighted by Gasteiger charge is 2.09. The molecule has 0 spiro atoms. The summed E-state index contributed by atoms with van der Waals surface area (Å²) in [6, 6.07) is 3.84. The molecule has 21 heavy (non-hydrogen) atoms. The molecule has 3 amide bonds. The first kappa shape index (κ1) is 17.3. The van der Waals surface area contributed by atoms with Crippen LogP contribution in [-0.2, 0) is 9.59 Å². The molecule has 0 saturated carbocycles. The summed E-state index contributed by atoms with van der Waals surface area (Å²) >= 11 is 11.5. The van der Waals surface area contributed by atoms with Crippen molar-refractivity contribution in [1.82, 2.24) is 5.32 Å². The molecule has 0 heterocycles. The van der Waals surface area contributed by atoms with E-state index in [0.29, 0.717) is 23.6 Å². The summed E-state index contributed by atoms with van der Waals surface area (Å²) in [6.07, 6.45) is 0.875. The summed E-state index contributed by atoms with van der Waals surface area (Å²) in [5.74, 6) is -1.38. The number of halogens is 2. The largest absolute Gasteiger partial charge is 0.481 e. The SMILES string of the molecule is O=C(O)CCCCC(=O)NC(=O)Nc1ccc(Cl)c(Cl)c1. The molecule has 1 aromatic rings. The molecule has 0 radical (unpaired) electrons. The highest BCUT2D eigenvalue weighted by molar-refractivity contribution is 6.42. The number of urea groups is 1. The van der Waals surface area contributed by atoms with Crippen LogP contribution in [0.1, 0.15) is 25.7 Å². The van der Waals surface area contributed by atoms with Crippen molar-refractivity contribution in [3.05, 3.63) is 28.2 Å². The molecule has 0 saturated heterocycles. The van der Waals surface area contributed by atoms with Crippen molar-refractivity contribution in [3.8, 4) is 0 Å². The maximum Gasteiger partial charge on any atom is 0.325 e. The van der Waals surface area contributed by atoms with Gasteiger partial charge in [-0.3, -0.25) is 14.9 Å². The normalized spacial score (nSPS) is 10.0. The summed E-state index contributed by atoms with van der Waals surface area (Å²) < 4.78 is 0. The van der Waals surface area contributed by atoms with E-state index in [2.05, 4.69) is 10.6 Å². The molecule has 0 aliphatic heterocycles. The Morgan fingerprint density at radius 3 is 2.33 bits per heavy atom.